The number of benzene rings is 1. The molecule has 0 atom stereocenters. The minimum absolute atomic E-state index is 0.0111. The summed E-state index contributed by atoms with van der Waals surface area (Å²) in [4.78, 5) is 14.2. The Kier molecular flexibility index (Phi) is 3.75. The van der Waals surface area contributed by atoms with Crippen molar-refractivity contribution in [1.82, 2.24) is 4.90 Å². The fourth-order valence-corrected chi connectivity index (χ4v) is 2.18. The lowest BCUT2D eigenvalue weighted by molar-refractivity contribution is -0.0794. The fraction of sp³-hybridized carbons (Fsp3) is 0.500. The molecule has 0 unspecified atom stereocenters. The Labute approximate surface area is 117 Å². The third-order valence-electron chi connectivity index (χ3n) is 3.46. The van der Waals surface area contributed by atoms with E-state index < -0.39 is 0 Å². The maximum atomic E-state index is 12.4. The Balaban J connectivity index is 1.74. The maximum absolute atomic E-state index is 12.4. The molecule has 6 nitrogen and oxygen atoms in total. The molecule has 2 heterocycles. The number of ether oxygens (including phenoxy) is 3. The highest BCUT2D eigenvalue weighted by Gasteiger charge is 2.23. The molecule has 3 rings (SSSR count). The van der Waals surface area contributed by atoms with Crippen LogP contribution in [0.2, 0.25) is 0 Å². The van der Waals surface area contributed by atoms with Crippen molar-refractivity contribution in [2.75, 3.05) is 45.3 Å². The molecule has 6 heteroatoms. The molecule has 2 N–H and O–H groups in total. The Bertz CT molecular complexity index is 496. The molecule has 1 aromatic carbocycles. The van der Waals surface area contributed by atoms with Gasteiger partial charge in [-0.05, 0) is 18.2 Å². The largest absolute Gasteiger partial charge is 0.483 e. The van der Waals surface area contributed by atoms with Crippen LogP contribution in [-0.2, 0) is 9.47 Å². The predicted octanol–water partition coefficient (Wildman–Crippen LogP) is 0.519. The second kappa shape index (κ2) is 5.68. The lowest BCUT2D eigenvalue weighted by Crippen LogP contribution is -2.41. The molecule has 0 radical (unpaired) electrons. The Morgan fingerprint density at radius 1 is 1.25 bits per heavy atom. The molecule has 0 spiro atoms. The van der Waals surface area contributed by atoms with E-state index in [1.807, 2.05) is 0 Å². The molecule has 20 heavy (non-hydrogen) atoms. The van der Waals surface area contributed by atoms with Gasteiger partial charge in [-0.1, -0.05) is 0 Å². The van der Waals surface area contributed by atoms with Crippen LogP contribution >= 0.6 is 0 Å². The molecule has 1 amide bonds. The lowest BCUT2D eigenvalue weighted by Gasteiger charge is -2.28. The summed E-state index contributed by atoms with van der Waals surface area (Å²) >= 11 is 0. The van der Waals surface area contributed by atoms with E-state index in [-0.39, 0.29) is 12.0 Å². The highest BCUT2D eigenvalue weighted by molar-refractivity contribution is 5.95. The molecule has 2 aliphatic rings. The number of hydrogen-bond acceptors (Lipinski definition) is 5. The van der Waals surface area contributed by atoms with Crippen LogP contribution in [0.1, 0.15) is 10.4 Å². The number of rotatable bonds is 3. The van der Waals surface area contributed by atoms with Gasteiger partial charge in [-0.25, -0.2) is 0 Å². The first-order chi connectivity index (χ1) is 9.74. The van der Waals surface area contributed by atoms with Crippen molar-refractivity contribution in [3.8, 4) is 5.75 Å². The first-order valence-corrected chi connectivity index (χ1v) is 6.75. The fourth-order valence-electron chi connectivity index (χ4n) is 2.18. The standard InChI is InChI=1S/C14H18N2O4/c15-12-2-1-10(7-13(12)20-11-8-19-9-11)14(17)16-3-5-18-6-4-16/h1-2,7,11H,3-6,8-9,15H2. The van der Waals surface area contributed by atoms with Crippen LogP contribution in [0.15, 0.2) is 18.2 Å². The first kappa shape index (κ1) is 13.2. The van der Waals surface area contributed by atoms with Gasteiger partial charge in [0.1, 0.15) is 11.9 Å². The summed E-state index contributed by atoms with van der Waals surface area (Å²) in [6.07, 6.45) is 0.0334. The third kappa shape index (κ3) is 2.71. The van der Waals surface area contributed by atoms with Gasteiger partial charge in [-0.15, -0.1) is 0 Å². The first-order valence-electron chi connectivity index (χ1n) is 6.75. The predicted molar refractivity (Wildman–Crippen MR) is 72.8 cm³/mol. The second-order valence-corrected chi connectivity index (χ2v) is 4.93. The number of morpholine rings is 1. The number of carbonyl (C=O) groups excluding carboxylic acids is 1. The van der Waals surface area contributed by atoms with Crippen LogP contribution in [0.4, 0.5) is 5.69 Å². The van der Waals surface area contributed by atoms with Crippen LogP contribution in [0.5, 0.6) is 5.75 Å². The van der Waals surface area contributed by atoms with Crippen molar-refractivity contribution in [2.45, 2.75) is 6.10 Å². The van der Waals surface area contributed by atoms with E-state index in [0.717, 1.165) is 0 Å². The summed E-state index contributed by atoms with van der Waals surface area (Å²) in [6, 6.07) is 5.16. The number of nitrogens with zero attached hydrogens (tertiary/aromatic N) is 1. The van der Waals surface area contributed by atoms with E-state index in [1.165, 1.54) is 0 Å². The van der Waals surface area contributed by atoms with Crippen molar-refractivity contribution in [2.24, 2.45) is 0 Å². The number of nitrogens with two attached hydrogens (primary N) is 1. The average molecular weight is 278 g/mol. The second-order valence-electron chi connectivity index (χ2n) is 4.93. The van der Waals surface area contributed by atoms with Gasteiger partial charge in [0.2, 0.25) is 0 Å². The quantitative estimate of drug-likeness (QED) is 0.816. The molecule has 2 aliphatic heterocycles. The Morgan fingerprint density at radius 3 is 2.65 bits per heavy atom. The molecule has 2 fully saturated rings. The maximum Gasteiger partial charge on any atom is 0.254 e. The topological polar surface area (TPSA) is 74.0 Å². The number of amides is 1. The van der Waals surface area contributed by atoms with Gasteiger partial charge in [0.25, 0.3) is 5.91 Å². The van der Waals surface area contributed by atoms with Gasteiger partial charge in [0.05, 0.1) is 32.1 Å². The zero-order valence-corrected chi connectivity index (χ0v) is 11.2. The van der Waals surface area contributed by atoms with E-state index in [2.05, 4.69) is 0 Å². The molecule has 0 saturated carbocycles. The Hall–Kier alpha value is -1.79. The van der Waals surface area contributed by atoms with Gasteiger partial charge >= 0.3 is 0 Å². The van der Waals surface area contributed by atoms with Crippen LogP contribution in [0.25, 0.3) is 0 Å². The number of nitrogen functional groups attached to an aromatic ring is 1. The summed E-state index contributed by atoms with van der Waals surface area (Å²) in [5.41, 5.74) is 7.02. The van der Waals surface area contributed by atoms with E-state index >= 15 is 0 Å². The van der Waals surface area contributed by atoms with Crippen molar-refractivity contribution in [1.29, 1.82) is 0 Å². The number of carbonyl (C=O) groups is 1. The van der Waals surface area contributed by atoms with Crippen molar-refractivity contribution in [3.63, 3.8) is 0 Å². The smallest absolute Gasteiger partial charge is 0.254 e. The van der Waals surface area contributed by atoms with Gasteiger partial charge in [0, 0.05) is 18.7 Å². The molecule has 108 valence electrons. The van der Waals surface area contributed by atoms with Crippen molar-refractivity contribution >= 4 is 11.6 Å². The van der Waals surface area contributed by atoms with E-state index in [0.29, 0.717) is 56.5 Å². The summed E-state index contributed by atoms with van der Waals surface area (Å²) in [7, 11) is 0. The van der Waals surface area contributed by atoms with Crippen molar-refractivity contribution < 1.29 is 19.0 Å². The van der Waals surface area contributed by atoms with Crippen molar-refractivity contribution in [3.05, 3.63) is 23.8 Å². The van der Waals surface area contributed by atoms with Gasteiger partial charge in [-0.3, -0.25) is 4.79 Å². The zero-order valence-electron chi connectivity index (χ0n) is 11.2. The zero-order chi connectivity index (χ0) is 13.9. The summed E-state index contributed by atoms with van der Waals surface area (Å²) in [5.74, 6) is 0.542. The van der Waals surface area contributed by atoms with Gasteiger partial charge in [-0.2, -0.15) is 0 Å². The van der Waals surface area contributed by atoms with Gasteiger partial charge < -0.3 is 24.8 Å². The molecule has 1 aromatic rings. The van der Waals surface area contributed by atoms with Crippen LogP contribution in [-0.4, -0.2) is 56.4 Å². The number of hydrogen-bond donors (Lipinski definition) is 1. The van der Waals surface area contributed by atoms with E-state index in [1.54, 1.807) is 23.1 Å². The molecular weight excluding hydrogens is 260 g/mol. The van der Waals surface area contributed by atoms with Crippen LogP contribution in [0, 0.1) is 0 Å². The SMILES string of the molecule is Nc1ccc(C(=O)N2CCOCC2)cc1OC1COC1. The molecule has 2 saturated heterocycles. The summed E-state index contributed by atoms with van der Waals surface area (Å²) in [6.45, 7) is 3.56. The lowest BCUT2D eigenvalue weighted by atomic mass is 10.1. The van der Waals surface area contributed by atoms with Crippen LogP contribution in [0.3, 0.4) is 0 Å². The molecule has 0 bridgehead atoms. The highest BCUT2D eigenvalue weighted by atomic mass is 16.6. The number of anilines is 1. The van der Waals surface area contributed by atoms with E-state index in [9.17, 15) is 4.79 Å². The summed E-state index contributed by atoms with van der Waals surface area (Å²) < 4.78 is 16.0. The average Bonchev–Trinajstić information content (AvgIpc) is 2.44. The molecule has 0 aromatic heterocycles. The minimum Gasteiger partial charge on any atom is -0.483 e. The monoisotopic (exact) mass is 278 g/mol. The highest BCUT2D eigenvalue weighted by Crippen LogP contribution is 2.26. The van der Waals surface area contributed by atoms with E-state index in [4.69, 9.17) is 19.9 Å². The third-order valence-corrected chi connectivity index (χ3v) is 3.46. The van der Waals surface area contributed by atoms with Crippen LogP contribution < -0.4 is 10.5 Å². The summed E-state index contributed by atoms with van der Waals surface area (Å²) in [5, 5.41) is 0. The molecular formula is C14H18N2O4. The minimum atomic E-state index is -0.0111. The Morgan fingerprint density at radius 2 is 2.00 bits per heavy atom. The normalized spacial score (nSPS) is 19.5. The van der Waals surface area contributed by atoms with Gasteiger partial charge in [0.15, 0.2) is 0 Å². The molecule has 0 aliphatic carbocycles.